The molecule has 0 bridgehead atoms. The van der Waals surface area contributed by atoms with Crippen LogP contribution in [0.1, 0.15) is 5.56 Å². The van der Waals surface area contributed by atoms with Gasteiger partial charge in [0.05, 0.1) is 7.11 Å². The summed E-state index contributed by atoms with van der Waals surface area (Å²) in [6.45, 7) is 0.965. The Morgan fingerprint density at radius 1 is 0.905 bits per heavy atom. The van der Waals surface area contributed by atoms with Crippen LogP contribution in [0.25, 0.3) is 0 Å². The molecule has 0 atom stereocenters. The predicted octanol–water partition coefficient (Wildman–Crippen LogP) is 3.39. The highest BCUT2D eigenvalue weighted by Crippen LogP contribution is 2.11. The van der Waals surface area contributed by atoms with Crippen LogP contribution in [0.2, 0.25) is 0 Å². The third-order valence-corrected chi connectivity index (χ3v) is 2.53. The Balaban J connectivity index is 0.000000383. The fourth-order valence-electron chi connectivity index (χ4n) is 1.59. The van der Waals surface area contributed by atoms with Crippen LogP contribution in [0.5, 0.6) is 5.75 Å². The molecule has 0 fully saturated rings. The molecule has 2 N–H and O–H groups in total. The second-order valence-corrected chi connectivity index (χ2v) is 4.16. The zero-order valence-electron chi connectivity index (χ0n) is 11.5. The molecule has 0 saturated heterocycles. The van der Waals surface area contributed by atoms with Gasteiger partial charge in [-0.15, -0.1) is 0 Å². The van der Waals surface area contributed by atoms with E-state index in [1.54, 1.807) is 7.11 Å². The molecule has 0 aliphatic carbocycles. The summed E-state index contributed by atoms with van der Waals surface area (Å²) < 4.78 is 44.1. The second kappa shape index (κ2) is 8.31. The molecule has 21 heavy (non-hydrogen) atoms. The number of methoxy groups -OCH3 is 1. The van der Waals surface area contributed by atoms with Crippen molar-refractivity contribution >= 4 is 12.9 Å². The molecule has 7 heteroatoms. The monoisotopic (exact) mass is 301 g/mol. The summed E-state index contributed by atoms with van der Waals surface area (Å²) in [5, 5.41) is 2.22. The van der Waals surface area contributed by atoms with Crippen LogP contribution in [0, 0.1) is 0 Å². The molecule has 2 nitrogen and oxygen atoms in total. The van der Waals surface area contributed by atoms with Gasteiger partial charge in [0.1, 0.15) is 18.0 Å². The van der Waals surface area contributed by atoms with E-state index < -0.39 is 7.25 Å². The first-order chi connectivity index (χ1) is 9.88. The summed E-state index contributed by atoms with van der Waals surface area (Å²) in [6, 6.07) is 18.6. The lowest BCUT2D eigenvalue weighted by Gasteiger charge is -2.02. The third-order valence-electron chi connectivity index (χ3n) is 2.53. The zero-order valence-corrected chi connectivity index (χ0v) is 11.5. The molecule has 0 aliphatic rings. The molecule has 0 spiro atoms. The van der Waals surface area contributed by atoms with Gasteiger partial charge in [-0.1, -0.05) is 30.3 Å². The molecular weight excluding hydrogens is 285 g/mol. The Labute approximate surface area is 120 Å². The number of ether oxygens (including phenoxy) is 1. The van der Waals surface area contributed by atoms with Crippen molar-refractivity contribution < 1.29 is 27.3 Å². The van der Waals surface area contributed by atoms with Gasteiger partial charge in [-0.2, -0.15) is 0 Å². The highest BCUT2D eigenvalue weighted by atomic mass is 19.5. The minimum absolute atomic E-state index is 0.900. The van der Waals surface area contributed by atoms with Crippen molar-refractivity contribution in [2.45, 2.75) is 6.54 Å². The first kappa shape index (κ1) is 17.0. The second-order valence-electron chi connectivity index (χ2n) is 4.16. The van der Waals surface area contributed by atoms with Crippen LogP contribution >= 0.6 is 0 Å². The molecule has 0 radical (unpaired) electrons. The van der Waals surface area contributed by atoms with Crippen LogP contribution in [-0.2, 0) is 6.54 Å². The summed E-state index contributed by atoms with van der Waals surface area (Å²) >= 11 is 0. The number of benzene rings is 2. The number of nitrogens with two attached hydrogens (primary N) is 1. The largest absolute Gasteiger partial charge is 0.673 e. The van der Waals surface area contributed by atoms with Crippen molar-refractivity contribution in [3.05, 3.63) is 60.2 Å². The molecule has 0 amide bonds. The lowest BCUT2D eigenvalue weighted by Crippen LogP contribution is -2.76. The van der Waals surface area contributed by atoms with E-state index in [-0.39, 0.29) is 0 Å². The van der Waals surface area contributed by atoms with Crippen molar-refractivity contribution in [2.75, 3.05) is 7.11 Å². The van der Waals surface area contributed by atoms with Gasteiger partial charge in [-0.05, 0) is 12.1 Å². The van der Waals surface area contributed by atoms with Crippen LogP contribution in [0.15, 0.2) is 54.6 Å². The quantitative estimate of drug-likeness (QED) is 0.523. The molecule has 0 unspecified atom stereocenters. The molecule has 2 rings (SSSR count). The number of rotatable bonds is 4. The van der Waals surface area contributed by atoms with E-state index in [0.717, 1.165) is 12.3 Å². The van der Waals surface area contributed by atoms with Crippen molar-refractivity contribution in [1.82, 2.24) is 0 Å². The first-order valence-corrected chi connectivity index (χ1v) is 6.27. The number of hydrogen-bond donors (Lipinski definition) is 1. The lowest BCUT2D eigenvalue weighted by atomic mass is 10.2. The summed E-state index contributed by atoms with van der Waals surface area (Å²) in [5.41, 5.74) is 2.56. The number of quaternary nitrogens is 1. The topological polar surface area (TPSA) is 25.8 Å². The number of halogens is 4. The van der Waals surface area contributed by atoms with E-state index >= 15 is 0 Å². The van der Waals surface area contributed by atoms with Crippen LogP contribution in [0.4, 0.5) is 23.0 Å². The normalized spacial score (nSPS) is 10.5. The first-order valence-electron chi connectivity index (χ1n) is 6.27. The van der Waals surface area contributed by atoms with Crippen molar-refractivity contribution in [3.8, 4) is 5.75 Å². The average molecular weight is 301 g/mol. The van der Waals surface area contributed by atoms with Crippen LogP contribution < -0.4 is 10.1 Å². The molecule has 2 aromatic carbocycles. The van der Waals surface area contributed by atoms with Gasteiger partial charge < -0.3 is 27.3 Å². The van der Waals surface area contributed by atoms with E-state index in [9.17, 15) is 17.3 Å². The van der Waals surface area contributed by atoms with E-state index in [1.807, 2.05) is 18.2 Å². The van der Waals surface area contributed by atoms with Gasteiger partial charge in [0, 0.05) is 17.7 Å². The Morgan fingerprint density at radius 3 is 1.90 bits per heavy atom. The van der Waals surface area contributed by atoms with E-state index in [1.165, 1.54) is 11.3 Å². The summed E-state index contributed by atoms with van der Waals surface area (Å²) in [7, 11) is -4.32. The third kappa shape index (κ3) is 8.70. The predicted molar refractivity (Wildman–Crippen MR) is 74.9 cm³/mol. The van der Waals surface area contributed by atoms with Crippen molar-refractivity contribution in [1.29, 1.82) is 0 Å². The maximum absolute atomic E-state index is 9.75. The Morgan fingerprint density at radius 2 is 1.43 bits per heavy atom. The maximum Gasteiger partial charge on any atom is 0.673 e. The molecule has 0 aliphatic heterocycles. The van der Waals surface area contributed by atoms with Crippen LogP contribution in [0.3, 0.4) is 0 Å². The van der Waals surface area contributed by atoms with Crippen LogP contribution in [-0.4, -0.2) is 14.4 Å². The molecule has 114 valence electrons. The van der Waals surface area contributed by atoms with E-state index in [4.69, 9.17) is 4.74 Å². The minimum atomic E-state index is -6.00. The van der Waals surface area contributed by atoms with Gasteiger partial charge in [0.25, 0.3) is 0 Å². The number of hydrogen-bond acceptors (Lipinski definition) is 1. The SMILES string of the molecule is COc1ccc([NH2+]Cc2ccccc2)cc1.F[B-](F)(F)F. The molecule has 2 aromatic rings. The highest BCUT2D eigenvalue weighted by Gasteiger charge is 2.20. The molecular formula is C14H16BF4NO. The van der Waals surface area contributed by atoms with E-state index in [2.05, 4.69) is 41.7 Å². The fraction of sp³-hybridized carbons (Fsp3) is 0.143. The van der Waals surface area contributed by atoms with Crippen molar-refractivity contribution in [3.63, 3.8) is 0 Å². The Bertz CT molecular complexity index is 511. The molecule has 0 heterocycles. The molecule has 0 saturated carbocycles. The standard InChI is InChI=1S/C14H15NO.BF4/c1-16-14-9-7-13(8-10-14)15-11-12-5-3-2-4-6-12;2-1(3,4)5/h2-10,15H,11H2,1H3;/q;-1/p+1. The van der Waals surface area contributed by atoms with Crippen molar-refractivity contribution in [2.24, 2.45) is 0 Å². The lowest BCUT2D eigenvalue weighted by molar-refractivity contribution is -0.588. The maximum atomic E-state index is 9.75. The van der Waals surface area contributed by atoms with Gasteiger partial charge in [0.15, 0.2) is 0 Å². The Hall–Kier alpha value is -2.02. The summed E-state index contributed by atoms with van der Waals surface area (Å²) in [4.78, 5) is 0. The summed E-state index contributed by atoms with van der Waals surface area (Å²) in [6.07, 6.45) is 0. The van der Waals surface area contributed by atoms with Gasteiger partial charge in [-0.25, -0.2) is 0 Å². The highest BCUT2D eigenvalue weighted by molar-refractivity contribution is 6.50. The Kier molecular flexibility index (Phi) is 6.74. The van der Waals surface area contributed by atoms with E-state index in [0.29, 0.717) is 0 Å². The average Bonchev–Trinajstić information content (AvgIpc) is 2.45. The van der Waals surface area contributed by atoms with Gasteiger partial charge >= 0.3 is 7.25 Å². The fourth-order valence-corrected chi connectivity index (χ4v) is 1.59. The minimum Gasteiger partial charge on any atom is -0.497 e. The van der Waals surface area contributed by atoms with Gasteiger partial charge in [-0.3, -0.25) is 0 Å². The smallest absolute Gasteiger partial charge is 0.497 e. The van der Waals surface area contributed by atoms with Gasteiger partial charge in [0.2, 0.25) is 0 Å². The summed E-state index contributed by atoms with van der Waals surface area (Å²) in [5.74, 6) is 0.900. The zero-order chi connectivity index (χ0) is 15.7. The molecule has 0 aromatic heterocycles.